The molecule has 1 N–H and O–H groups in total. The molecular formula is C31H34N4O2. The lowest BCUT2D eigenvalue weighted by Crippen LogP contribution is -2.42. The maximum atomic E-state index is 5.67. The summed E-state index contributed by atoms with van der Waals surface area (Å²) in [4.78, 5) is 0. The molecule has 190 valence electrons. The highest BCUT2D eigenvalue weighted by Gasteiger charge is 2.31. The van der Waals surface area contributed by atoms with Crippen LogP contribution in [0.25, 0.3) is 16.9 Å². The predicted molar refractivity (Wildman–Crippen MR) is 146 cm³/mol. The number of hydrogen-bond donors (Lipinski definition) is 1. The number of aromatic nitrogens is 2. The molecule has 1 saturated carbocycles. The van der Waals surface area contributed by atoms with Gasteiger partial charge >= 0.3 is 0 Å². The summed E-state index contributed by atoms with van der Waals surface area (Å²) in [5.74, 6) is 2.12. The summed E-state index contributed by atoms with van der Waals surface area (Å²) in [5.41, 5.74) is 11.9. The van der Waals surface area contributed by atoms with Crippen LogP contribution in [0.4, 0.5) is 0 Å². The van der Waals surface area contributed by atoms with Gasteiger partial charge in [-0.05, 0) is 73.2 Å². The molecular weight excluding hydrogens is 460 g/mol. The first-order valence-electron chi connectivity index (χ1n) is 13.0. The summed E-state index contributed by atoms with van der Waals surface area (Å²) in [6.07, 6.45) is 3.38. The lowest BCUT2D eigenvalue weighted by molar-refractivity contribution is 0.172. The fourth-order valence-electron chi connectivity index (χ4n) is 5.60. The highest BCUT2D eigenvalue weighted by molar-refractivity contribution is 5.60. The van der Waals surface area contributed by atoms with Crippen molar-refractivity contribution < 1.29 is 9.47 Å². The third-order valence-corrected chi connectivity index (χ3v) is 7.53. The van der Waals surface area contributed by atoms with Crippen LogP contribution >= 0.6 is 0 Å². The van der Waals surface area contributed by atoms with Crippen molar-refractivity contribution >= 4 is 0 Å². The molecule has 4 aromatic rings. The molecule has 1 aliphatic heterocycles. The number of rotatable bonds is 6. The molecule has 0 spiro atoms. The Morgan fingerprint density at radius 2 is 1.59 bits per heavy atom. The smallest absolute Gasteiger partial charge is 0.161 e. The molecule has 1 aromatic heterocycles. The van der Waals surface area contributed by atoms with Crippen molar-refractivity contribution in [3.8, 4) is 28.4 Å². The van der Waals surface area contributed by atoms with E-state index >= 15 is 0 Å². The van der Waals surface area contributed by atoms with Gasteiger partial charge in [0.25, 0.3) is 0 Å². The minimum absolute atomic E-state index is 0.0363. The lowest BCUT2D eigenvalue weighted by atomic mass is 9.91. The van der Waals surface area contributed by atoms with Gasteiger partial charge in [-0.3, -0.25) is 5.43 Å². The average molecular weight is 495 g/mol. The van der Waals surface area contributed by atoms with Crippen molar-refractivity contribution in [1.82, 2.24) is 20.2 Å². The van der Waals surface area contributed by atoms with Gasteiger partial charge in [0.15, 0.2) is 11.5 Å². The Balaban J connectivity index is 1.39. The summed E-state index contributed by atoms with van der Waals surface area (Å²) < 4.78 is 13.4. The molecule has 6 heteroatoms. The Hall–Kier alpha value is -3.61. The topological polar surface area (TPSA) is 51.6 Å². The van der Waals surface area contributed by atoms with Crippen molar-refractivity contribution in [1.29, 1.82) is 0 Å². The number of ether oxygens (including phenoxy) is 2. The maximum Gasteiger partial charge on any atom is 0.161 e. The molecule has 0 saturated heterocycles. The monoisotopic (exact) mass is 494 g/mol. The van der Waals surface area contributed by atoms with Crippen LogP contribution in [0.1, 0.15) is 54.1 Å². The second-order valence-corrected chi connectivity index (χ2v) is 10.3. The SMILES string of the molecule is COc1cc2c(cc1OC)C(c1ccc(-n3nc(-c4ccccc4)cc3C3CC3)cc1)N(C)NC(C)C2. The molecule has 2 atom stereocenters. The lowest BCUT2D eigenvalue weighted by Gasteiger charge is -2.29. The zero-order valence-corrected chi connectivity index (χ0v) is 21.9. The number of hydrazine groups is 1. The average Bonchev–Trinajstić information content (AvgIpc) is 3.69. The van der Waals surface area contributed by atoms with Crippen LogP contribution in [0, 0.1) is 0 Å². The molecule has 0 radical (unpaired) electrons. The fraction of sp³-hybridized carbons (Fsp3) is 0.323. The number of nitrogens with one attached hydrogen (secondary N) is 1. The molecule has 2 aliphatic rings. The molecule has 37 heavy (non-hydrogen) atoms. The number of nitrogens with zero attached hydrogens (tertiary/aromatic N) is 3. The molecule has 1 fully saturated rings. The Bertz CT molecular complexity index is 1390. The van der Waals surface area contributed by atoms with Gasteiger partial charge in [-0.25, -0.2) is 9.69 Å². The summed E-state index contributed by atoms with van der Waals surface area (Å²) in [5, 5.41) is 7.25. The maximum absolute atomic E-state index is 5.67. The molecule has 6 rings (SSSR count). The zero-order chi connectivity index (χ0) is 25.5. The summed E-state index contributed by atoms with van der Waals surface area (Å²) in [6, 6.07) is 26.2. The number of fused-ring (bicyclic) bond motifs is 1. The van der Waals surface area contributed by atoms with E-state index in [2.05, 4.69) is 95.8 Å². The van der Waals surface area contributed by atoms with Gasteiger partial charge in [-0.1, -0.05) is 42.5 Å². The Morgan fingerprint density at radius 3 is 2.27 bits per heavy atom. The first-order chi connectivity index (χ1) is 18.1. The molecule has 2 unspecified atom stereocenters. The van der Waals surface area contributed by atoms with Crippen LogP contribution in [0.3, 0.4) is 0 Å². The Morgan fingerprint density at radius 1 is 0.892 bits per heavy atom. The standard InChI is InChI=1S/C31H34N4O2/c1-20-16-24-17-29(36-3)30(37-4)18-26(24)31(34(2)32-20)23-12-14-25(15-13-23)35-28(22-10-11-22)19-27(33-35)21-8-6-5-7-9-21/h5-9,12-15,17-20,22,31-32H,10-11,16H2,1-4H3. The second-order valence-electron chi connectivity index (χ2n) is 10.3. The molecule has 2 heterocycles. The summed E-state index contributed by atoms with van der Waals surface area (Å²) in [6.45, 7) is 2.21. The predicted octanol–water partition coefficient (Wildman–Crippen LogP) is 5.90. The first kappa shape index (κ1) is 23.8. The zero-order valence-electron chi connectivity index (χ0n) is 21.9. The fourth-order valence-corrected chi connectivity index (χ4v) is 5.60. The molecule has 0 amide bonds. The van der Waals surface area contributed by atoms with Crippen molar-refractivity contribution in [3.63, 3.8) is 0 Å². The van der Waals surface area contributed by atoms with Gasteiger partial charge in [-0.15, -0.1) is 0 Å². The van der Waals surface area contributed by atoms with Gasteiger partial charge < -0.3 is 9.47 Å². The van der Waals surface area contributed by atoms with E-state index in [1.54, 1.807) is 14.2 Å². The number of benzene rings is 3. The third-order valence-electron chi connectivity index (χ3n) is 7.53. The highest BCUT2D eigenvalue weighted by atomic mass is 16.5. The van der Waals surface area contributed by atoms with Gasteiger partial charge in [-0.2, -0.15) is 5.10 Å². The van der Waals surface area contributed by atoms with Gasteiger partial charge in [0.1, 0.15) is 0 Å². The van der Waals surface area contributed by atoms with Crippen LogP contribution in [0.15, 0.2) is 72.8 Å². The summed E-state index contributed by atoms with van der Waals surface area (Å²) in [7, 11) is 5.51. The van der Waals surface area contributed by atoms with Gasteiger partial charge in [0.2, 0.25) is 0 Å². The van der Waals surface area contributed by atoms with Crippen LogP contribution in [0.5, 0.6) is 11.5 Å². The first-order valence-corrected chi connectivity index (χ1v) is 13.0. The van der Waals surface area contributed by atoms with E-state index in [0.29, 0.717) is 12.0 Å². The van der Waals surface area contributed by atoms with Crippen LogP contribution in [0.2, 0.25) is 0 Å². The van der Waals surface area contributed by atoms with Crippen LogP contribution in [-0.2, 0) is 6.42 Å². The largest absolute Gasteiger partial charge is 0.493 e. The quantitative estimate of drug-likeness (QED) is 0.361. The van der Waals surface area contributed by atoms with E-state index < -0.39 is 0 Å². The van der Waals surface area contributed by atoms with E-state index in [0.717, 1.165) is 34.9 Å². The number of hydrogen-bond acceptors (Lipinski definition) is 5. The van der Waals surface area contributed by atoms with E-state index in [-0.39, 0.29) is 6.04 Å². The molecule has 0 bridgehead atoms. The number of methoxy groups -OCH3 is 2. The van der Waals surface area contributed by atoms with Gasteiger partial charge in [0.05, 0.1) is 31.6 Å². The van der Waals surface area contributed by atoms with Crippen LogP contribution < -0.4 is 14.9 Å². The van der Waals surface area contributed by atoms with E-state index in [9.17, 15) is 0 Å². The van der Waals surface area contributed by atoms with Gasteiger partial charge in [0, 0.05) is 30.3 Å². The van der Waals surface area contributed by atoms with Crippen molar-refractivity contribution in [3.05, 3.63) is 95.2 Å². The van der Waals surface area contributed by atoms with E-state index in [1.807, 2.05) is 6.07 Å². The van der Waals surface area contributed by atoms with E-state index in [1.165, 1.54) is 35.2 Å². The van der Waals surface area contributed by atoms with E-state index in [4.69, 9.17) is 14.6 Å². The molecule has 1 aliphatic carbocycles. The third kappa shape index (κ3) is 4.52. The van der Waals surface area contributed by atoms with Crippen molar-refractivity contribution in [2.45, 2.75) is 44.2 Å². The molecule has 3 aromatic carbocycles. The second kappa shape index (κ2) is 9.69. The highest BCUT2D eigenvalue weighted by Crippen LogP contribution is 2.43. The van der Waals surface area contributed by atoms with Crippen molar-refractivity contribution in [2.75, 3.05) is 21.3 Å². The minimum atomic E-state index is 0.0363. The van der Waals surface area contributed by atoms with Crippen molar-refractivity contribution in [2.24, 2.45) is 0 Å². The normalized spacial score (nSPS) is 19.8. The molecule has 6 nitrogen and oxygen atoms in total. The Kier molecular flexibility index (Phi) is 6.22. The minimum Gasteiger partial charge on any atom is -0.493 e. The summed E-state index contributed by atoms with van der Waals surface area (Å²) >= 11 is 0. The van der Waals surface area contributed by atoms with Crippen LogP contribution in [-0.4, -0.2) is 42.1 Å². The Labute approximate surface area is 218 Å².